The number of nitrogens with one attached hydrogen (secondary N) is 2. The largest absolute Gasteiger partial charge is 0.326 e. The quantitative estimate of drug-likeness (QED) is 0.761. The van der Waals surface area contributed by atoms with Crippen LogP contribution >= 0.6 is 11.3 Å². The first kappa shape index (κ1) is 15.4. The summed E-state index contributed by atoms with van der Waals surface area (Å²) in [6, 6.07) is 11.1. The Kier molecular flexibility index (Phi) is 4.47. The van der Waals surface area contributed by atoms with Crippen LogP contribution in [0.15, 0.2) is 36.4 Å². The molecule has 0 saturated carbocycles. The summed E-state index contributed by atoms with van der Waals surface area (Å²) >= 11 is 1.39. The number of hydrogen-bond acceptors (Lipinski definition) is 5. The monoisotopic (exact) mass is 327 g/mol. The van der Waals surface area contributed by atoms with Crippen molar-refractivity contribution in [3.05, 3.63) is 41.4 Å². The Labute approximate surface area is 138 Å². The van der Waals surface area contributed by atoms with E-state index in [1.54, 1.807) is 6.07 Å². The van der Waals surface area contributed by atoms with Gasteiger partial charge < -0.3 is 0 Å². The first-order valence-corrected chi connectivity index (χ1v) is 8.18. The lowest BCUT2D eigenvalue weighted by atomic mass is 10.1. The number of pyridine rings is 1. The van der Waals surface area contributed by atoms with Crippen LogP contribution in [-0.2, 0) is 6.42 Å². The molecule has 0 unspecified atom stereocenters. The van der Waals surface area contributed by atoms with Gasteiger partial charge in [-0.15, -0.1) is 10.2 Å². The van der Waals surface area contributed by atoms with Crippen molar-refractivity contribution in [1.82, 2.24) is 15.2 Å². The Morgan fingerprint density at radius 2 is 1.96 bits per heavy atom. The Morgan fingerprint density at radius 3 is 2.78 bits per heavy atom. The number of aromatic nitrogens is 3. The summed E-state index contributed by atoms with van der Waals surface area (Å²) in [6.07, 6.45) is 0.854. The number of benzene rings is 1. The molecule has 0 spiro atoms. The third-order valence-electron chi connectivity index (χ3n) is 3.11. The lowest BCUT2D eigenvalue weighted by molar-refractivity contribution is 0.262. The normalized spacial score (nSPS) is 10.9. The number of rotatable bonds is 4. The van der Waals surface area contributed by atoms with E-state index in [0.717, 1.165) is 22.3 Å². The summed E-state index contributed by atoms with van der Waals surface area (Å²) in [5.74, 6) is 1.000. The maximum absolute atomic E-state index is 12.0. The van der Waals surface area contributed by atoms with Gasteiger partial charge in [-0.3, -0.25) is 10.6 Å². The molecule has 2 N–H and O–H groups in total. The standard InChI is InChI=1S/C16H17N5OS/c1-10(2)9-14-20-21-16(23-14)19-15(22)18-13-8-7-11-5-3-4-6-12(11)17-13/h3-8,10H,9H2,1-2H3,(H2,17,18,19,21,22). The molecule has 6 nitrogen and oxygen atoms in total. The van der Waals surface area contributed by atoms with E-state index in [1.165, 1.54) is 11.3 Å². The minimum Gasteiger partial charge on any atom is -0.292 e. The van der Waals surface area contributed by atoms with Gasteiger partial charge in [0.2, 0.25) is 5.13 Å². The number of carbonyl (C=O) groups is 1. The van der Waals surface area contributed by atoms with Crippen molar-refractivity contribution >= 4 is 39.2 Å². The molecule has 0 atom stereocenters. The maximum atomic E-state index is 12.0. The number of urea groups is 1. The summed E-state index contributed by atoms with van der Waals surface area (Å²) in [5, 5.41) is 15.9. The number of hydrogen-bond donors (Lipinski definition) is 2. The molecule has 0 radical (unpaired) electrons. The molecule has 0 saturated heterocycles. The zero-order chi connectivity index (χ0) is 16.2. The summed E-state index contributed by atoms with van der Waals surface area (Å²) in [5.41, 5.74) is 0.834. The van der Waals surface area contributed by atoms with Crippen molar-refractivity contribution in [3.63, 3.8) is 0 Å². The van der Waals surface area contributed by atoms with Crippen molar-refractivity contribution in [2.75, 3.05) is 10.6 Å². The highest BCUT2D eigenvalue weighted by molar-refractivity contribution is 7.15. The second kappa shape index (κ2) is 6.70. The number of fused-ring (bicyclic) bond motifs is 1. The van der Waals surface area contributed by atoms with Crippen LogP contribution in [0.5, 0.6) is 0 Å². The third-order valence-corrected chi connectivity index (χ3v) is 3.97. The average Bonchev–Trinajstić information content (AvgIpc) is 2.93. The van der Waals surface area contributed by atoms with E-state index < -0.39 is 0 Å². The highest BCUT2D eigenvalue weighted by atomic mass is 32.1. The molecule has 0 aliphatic rings. The van der Waals surface area contributed by atoms with E-state index in [9.17, 15) is 4.79 Å². The third kappa shape index (κ3) is 4.01. The molecular formula is C16H17N5OS. The van der Waals surface area contributed by atoms with Crippen molar-refractivity contribution in [2.45, 2.75) is 20.3 Å². The molecular weight excluding hydrogens is 310 g/mol. The van der Waals surface area contributed by atoms with Crippen molar-refractivity contribution < 1.29 is 4.79 Å². The van der Waals surface area contributed by atoms with Crippen LogP contribution in [0.25, 0.3) is 10.9 Å². The van der Waals surface area contributed by atoms with Crippen molar-refractivity contribution in [2.24, 2.45) is 5.92 Å². The lowest BCUT2D eigenvalue weighted by Gasteiger charge is -2.05. The van der Waals surface area contributed by atoms with Gasteiger partial charge in [0.15, 0.2) is 0 Å². The summed E-state index contributed by atoms with van der Waals surface area (Å²) in [6.45, 7) is 4.24. The Bertz CT molecular complexity index is 830. The SMILES string of the molecule is CC(C)Cc1nnc(NC(=O)Nc2ccc3ccccc3n2)s1. The molecule has 2 heterocycles. The van der Waals surface area contributed by atoms with E-state index in [1.807, 2.05) is 30.3 Å². The van der Waals surface area contributed by atoms with E-state index in [4.69, 9.17) is 0 Å². The Morgan fingerprint density at radius 1 is 1.13 bits per heavy atom. The highest BCUT2D eigenvalue weighted by Crippen LogP contribution is 2.19. The van der Waals surface area contributed by atoms with Crippen LogP contribution in [0.3, 0.4) is 0 Å². The van der Waals surface area contributed by atoms with Gasteiger partial charge in [0, 0.05) is 11.8 Å². The molecule has 3 aromatic rings. The smallest absolute Gasteiger partial charge is 0.292 e. The topological polar surface area (TPSA) is 79.8 Å². The van der Waals surface area contributed by atoms with Crippen molar-refractivity contribution in [1.29, 1.82) is 0 Å². The molecule has 0 fully saturated rings. The minimum absolute atomic E-state index is 0.375. The molecule has 2 amide bonds. The van der Waals surface area contributed by atoms with Crippen LogP contribution in [-0.4, -0.2) is 21.2 Å². The van der Waals surface area contributed by atoms with E-state index >= 15 is 0 Å². The summed E-state index contributed by atoms with van der Waals surface area (Å²) in [4.78, 5) is 16.4. The molecule has 118 valence electrons. The fourth-order valence-corrected chi connectivity index (χ4v) is 3.06. The number of anilines is 2. The van der Waals surface area contributed by atoms with Gasteiger partial charge in [-0.1, -0.05) is 43.4 Å². The van der Waals surface area contributed by atoms with Crippen LogP contribution < -0.4 is 10.6 Å². The van der Waals surface area contributed by atoms with Gasteiger partial charge in [0.1, 0.15) is 10.8 Å². The van der Waals surface area contributed by atoms with Gasteiger partial charge in [0.25, 0.3) is 0 Å². The van der Waals surface area contributed by atoms with Gasteiger partial charge in [-0.2, -0.15) is 0 Å². The second-order valence-corrected chi connectivity index (χ2v) is 6.63. The van der Waals surface area contributed by atoms with Crippen LogP contribution in [0, 0.1) is 5.92 Å². The van der Waals surface area contributed by atoms with Crippen LogP contribution in [0.2, 0.25) is 0 Å². The number of para-hydroxylation sites is 1. The maximum Gasteiger partial charge on any atom is 0.326 e. The van der Waals surface area contributed by atoms with Crippen LogP contribution in [0.1, 0.15) is 18.9 Å². The summed E-state index contributed by atoms with van der Waals surface area (Å²) < 4.78 is 0. The molecule has 3 rings (SSSR count). The molecule has 7 heteroatoms. The van der Waals surface area contributed by atoms with Gasteiger partial charge in [-0.25, -0.2) is 9.78 Å². The predicted octanol–water partition coefficient (Wildman–Crippen LogP) is 3.93. The average molecular weight is 327 g/mol. The molecule has 2 aromatic heterocycles. The number of amides is 2. The second-order valence-electron chi connectivity index (χ2n) is 5.57. The zero-order valence-corrected chi connectivity index (χ0v) is 13.7. The van der Waals surface area contributed by atoms with Gasteiger partial charge >= 0.3 is 6.03 Å². The Balaban J connectivity index is 1.65. The molecule has 0 aliphatic carbocycles. The Hall–Kier alpha value is -2.54. The number of nitrogens with zero attached hydrogens (tertiary/aromatic N) is 3. The highest BCUT2D eigenvalue weighted by Gasteiger charge is 2.10. The van der Waals surface area contributed by atoms with E-state index in [-0.39, 0.29) is 6.03 Å². The molecule has 0 bridgehead atoms. The van der Waals surface area contributed by atoms with Gasteiger partial charge in [-0.05, 0) is 24.1 Å². The molecule has 23 heavy (non-hydrogen) atoms. The zero-order valence-electron chi connectivity index (χ0n) is 12.9. The first-order chi connectivity index (χ1) is 11.1. The minimum atomic E-state index is -0.375. The van der Waals surface area contributed by atoms with E-state index in [2.05, 4.69) is 39.7 Å². The van der Waals surface area contributed by atoms with Crippen LogP contribution in [0.4, 0.5) is 15.7 Å². The van der Waals surface area contributed by atoms with Gasteiger partial charge in [0.05, 0.1) is 5.52 Å². The molecule has 1 aromatic carbocycles. The predicted molar refractivity (Wildman–Crippen MR) is 92.8 cm³/mol. The fraction of sp³-hybridized carbons (Fsp3) is 0.250. The summed E-state index contributed by atoms with van der Waals surface area (Å²) in [7, 11) is 0. The number of carbonyl (C=O) groups excluding carboxylic acids is 1. The fourth-order valence-electron chi connectivity index (χ4n) is 2.12. The van der Waals surface area contributed by atoms with E-state index in [0.29, 0.717) is 16.9 Å². The first-order valence-electron chi connectivity index (χ1n) is 7.36. The molecule has 0 aliphatic heterocycles. The lowest BCUT2D eigenvalue weighted by Crippen LogP contribution is -2.19. The van der Waals surface area contributed by atoms with Crippen molar-refractivity contribution in [3.8, 4) is 0 Å².